The lowest BCUT2D eigenvalue weighted by Gasteiger charge is -2.31. The highest BCUT2D eigenvalue weighted by Gasteiger charge is 2.51. The van der Waals surface area contributed by atoms with Crippen molar-refractivity contribution in [3.8, 4) is 0 Å². The lowest BCUT2D eigenvalue weighted by atomic mass is 9.78. The van der Waals surface area contributed by atoms with Crippen molar-refractivity contribution < 1.29 is 9.53 Å². The second-order valence-electron chi connectivity index (χ2n) is 5.25. The molecule has 4 unspecified atom stereocenters. The zero-order chi connectivity index (χ0) is 11.1. The van der Waals surface area contributed by atoms with Gasteiger partial charge in [-0.2, -0.15) is 0 Å². The summed E-state index contributed by atoms with van der Waals surface area (Å²) in [7, 11) is 0. The summed E-state index contributed by atoms with van der Waals surface area (Å²) in [6.07, 6.45) is 5.99. The first kappa shape index (κ1) is 10.9. The summed E-state index contributed by atoms with van der Waals surface area (Å²) in [5.41, 5.74) is 5.53. The predicted octanol–water partition coefficient (Wildman–Crippen LogP) is 2.05. The third-order valence-electron chi connectivity index (χ3n) is 4.30. The van der Waals surface area contributed by atoms with Gasteiger partial charge in [-0.25, -0.2) is 0 Å². The molecular weight excluding hydrogens is 190 g/mol. The quantitative estimate of drug-likeness (QED) is 0.533. The molecule has 0 amide bonds. The first-order valence-electron chi connectivity index (χ1n) is 6.01. The molecule has 0 saturated heterocycles. The van der Waals surface area contributed by atoms with E-state index in [2.05, 4.69) is 6.92 Å². The maximum atomic E-state index is 11.1. The van der Waals surface area contributed by atoms with Crippen molar-refractivity contribution in [1.82, 2.24) is 0 Å². The highest BCUT2D eigenvalue weighted by Crippen LogP contribution is 2.50. The van der Waals surface area contributed by atoms with E-state index in [0.717, 1.165) is 6.42 Å². The van der Waals surface area contributed by atoms with Crippen LogP contribution in [0, 0.1) is 17.8 Å². The van der Waals surface area contributed by atoms with E-state index in [4.69, 9.17) is 10.5 Å². The minimum absolute atomic E-state index is 0.247. The van der Waals surface area contributed by atoms with Gasteiger partial charge in [0.25, 0.3) is 0 Å². The standard InChI is InChI=1S/C12H21NO2/c1-8-11-6-4-3-5-10(11)7-12(8,13)15-9(2)14/h8,10-11H,3-7,13H2,1-2H3. The third kappa shape index (κ3) is 1.89. The lowest BCUT2D eigenvalue weighted by molar-refractivity contribution is -0.160. The number of carbonyl (C=O) groups is 1. The van der Waals surface area contributed by atoms with Crippen LogP contribution in [0.1, 0.15) is 46.0 Å². The fourth-order valence-electron chi connectivity index (χ4n) is 3.51. The van der Waals surface area contributed by atoms with Gasteiger partial charge in [-0.1, -0.05) is 19.8 Å². The van der Waals surface area contributed by atoms with Crippen LogP contribution in [0.4, 0.5) is 0 Å². The molecule has 0 aliphatic heterocycles. The van der Waals surface area contributed by atoms with Crippen LogP contribution in [0.25, 0.3) is 0 Å². The molecule has 0 aromatic heterocycles. The number of hydrogen-bond acceptors (Lipinski definition) is 3. The second-order valence-corrected chi connectivity index (χ2v) is 5.25. The summed E-state index contributed by atoms with van der Waals surface area (Å²) in [4.78, 5) is 11.1. The summed E-state index contributed by atoms with van der Waals surface area (Å²) in [5, 5.41) is 0. The molecule has 0 heterocycles. The smallest absolute Gasteiger partial charge is 0.304 e. The van der Waals surface area contributed by atoms with Crippen LogP contribution in [0.3, 0.4) is 0 Å². The molecule has 2 saturated carbocycles. The Morgan fingerprint density at radius 3 is 2.67 bits per heavy atom. The van der Waals surface area contributed by atoms with Gasteiger partial charge in [0.1, 0.15) is 0 Å². The number of carbonyl (C=O) groups excluding carboxylic acids is 1. The number of nitrogens with two attached hydrogens (primary N) is 1. The molecule has 2 N–H and O–H groups in total. The van der Waals surface area contributed by atoms with E-state index in [-0.39, 0.29) is 5.97 Å². The minimum Gasteiger partial charge on any atom is -0.444 e. The van der Waals surface area contributed by atoms with Gasteiger partial charge in [-0.05, 0) is 24.7 Å². The Hall–Kier alpha value is -0.570. The van der Waals surface area contributed by atoms with Gasteiger partial charge in [0.2, 0.25) is 0 Å². The van der Waals surface area contributed by atoms with Crippen LogP contribution in [0.2, 0.25) is 0 Å². The largest absolute Gasteiger partial charge is 0.444 e. The monoisotopic (exact) mass is 211 g/mol. The van der Waals surface area contributed by atoms with E-state index in [1.807, 2.05) is 0 Å². The first-order valence-corrected chi connectivity index (χ1v) is 6.01. The molecule has 3 nitrogen and oxygen atoms in total. The van der Waals surface area contributed by atoms with Crippen molar-refractivity contribution in [2.75, 3.05) is 0 Å². The Morgan fingerprint density at radius 2 is 2.07 bits per heavy atom. The van der Waals surface area contributed by atoms with E-state index in [1.165, 1.54) is 32.6 Å². The van der Waals surface area contributed by atoms with Gasteiger partial charge in [-0.15, -0.1) is 0 Å². The van der Waals surface area contributed by atoms with Crippen LogP contribution in [-0.4, -0.2) is 11.7 Å². The number of fused-ring (bicyclic) bond motifs is 1. The minimum atomic E-state index is -0.689. The number of hydrogen-bond donors (Lipinski definition) is 1. The summed E-state index contributed by atoms with van der Waals surface area (Å²) in [6.45, 7) is 3.59. The molecule has 0 aromatic carbocycles. The molecule has 86 valence electrons. The van der Waals surface area contributed by atoms with E-state index >= 15 is 0 Å². The highest BCUT2D eigenvalue weighted by molar-refractivity contribution is 5.66. The van der Waals surface area contributed by atoms with E-state index in [0.29, 0.717) is 17.8 Å². The molecule has 0 radical (unpaired) electrons. The van der Waals surface area contributed by atoms with Crippen molar-refractivity contribution >= 4 is 5.97 Å². The third-order valence-corrected chi connectivity index (χ3v) is 4.30. The van der Waals surface area contributed by atoms with Crippen LogP contribution in [0.15, 0.2) is 0 Å². The molecule has 0 spiro atoms. The van der Waals surface area contributed by atoms with Gasteiger partial charge in [0.05, 0.1) is 0 Å². The molecule has 0 bridgehead atoms. The second kappa shape index (κ2) is 3.78. The summed E-state index contributed by atoms with van der Waals surface area (Å²) < 4.78 is 5.34. The molecule has 15 heavy (non-hydrogen) atoms. The number of rotatable bonds is 1. The zero-order valence-corrected chi connectivity index (χ0v) is 9.66. The fraction of sp³-hybridized carbons (Fsp3) is 0.917. The van der Waals surface area contributed by atoms with Crippen LogP contribution >= 0.6 is 0 Å². The molecule has 0 aromatic rings. The van der Waals surface area contributed by atoms with Gasteiger partial charge in [0, 0.05) is 19.3 Å². The van der Waals surface area contributed by atoms with E-state index in [9.17, 15) is 4.79 Å². The average Bonchev–Trinajstić information content (AvgIpc) is 2.39. The number of esters is 1. The molecule has 2 fully saturated rings. The van der Waals surface area contributed by atoms with Gasteiger partial charge >= 0.3 is 5.97 Å². The highest BCUT2D eigenvalue weighted by atomic mass is 16.6. The Bertz CT molecular complexity index is 266. The van der Waals surface area contributed by atoms with Crippen LogP contribution in [0.5, 0.6) is 0 Å². The molecular formula is C12H21NO2. The van der Waals surface area contributed by atoms with E-state index < -0.39 is 5.72 Å². The van der Waals surface area contributed by atoms with Crippen LogP contribution in [-0.2, 0) is 9.53 Å². The van der Waals surface area contributed by atoms with E-state index in [1.54, 1.807) is 0 Å². The molecule has 4 atom stereocenters. The fourth-order valence-corrected chi connectivity index (χ4v) is 3.51. The summed E-state index contributed by atoms with van der Waals surface area (Å²) >= 11 is 0. The normalized spacial score (nSPS) is 44.9. The Kier molecular flexibility index (Phi) is 2.75. The van der Waals surface area contributed by atoms with Crippen molar-refractivity contribution in [1.29, 1.82) is 0 Å². The van der Waals surface area contributed by atoms with Gasteiger partial charge in [0.15, 0.2) is 5.72 Å². The molecule has 2 rings (SSSR count). The molecule has 3 heteroatoms. The molecule has 2 aliphatic rings. The van der Waals surface area contributed by atoms with Crippen molar-refractivity contribution in [2.45, 2.75) is 51.7 Å². The van der Waals surface area contributed by atoms with Crippen LogP contribution < -0.4 is 5.73 Å². The van der Waals surface area contributed by atoms with Crippen molar-refractivity contribution in [3.05, 3.63) is 0 Å². The SMILES string of the molecule is CC(=O)OC1(N)CC2CCCCC2C1C. The first-order chi connectivity index (χ1) is 7.03. The lowest BCUT2D eigenvalue weighted by Crippen LogP contribution is -2.47. The molecule has 2 aliphatic carbocycles. The topological polar surface area (TPSA) is 52.3 Å². The van der Waals surface area contributed by atoms with Gasteiger partial charge in [-0.3, -0.25) is 10.5 Å². The maximum Gasteiger partial charge on any atom is 0.304 e. The maximum absolute atomic E-state index is 11.1. The van der Waals surface area contributed by atoms with Crippen molar-refractivity contribution in [3.63, 3.8) is 0 Å². The summed E-state index contributed by atoms with van der Waals surface area (Å²) in [6, 6.07) is 0. The van der Waals surface area contributed by atoms with Gasteiger partial charge < -0.3 is 4.74 Å². The Balaban J connectivity index is 2.12. The van der Waals surface area contributed by atoms with Crippen molar-refractivity contribution in [2.24, 2.45) is 23.5 Å². The predicted molar refractivity (Wildman–Crippen MR) is 57.9 cm³/mol. The number of ether oxygens (including phenoxy) is 1. The Labute approximate surface area is 91.4 Å². The average molecular weight is 211 g/mol. The zero-order valence-electron chi connectivity index (χ0n) is 9.66. The summed E-state index contributed by atoms with van der Waals surface area (Å²) in [5.74, 6) is 1.41. The Morgan fingerprint density at radius 1 is 1.40 bits per heavy atom.